The highest BCUT2D eigenvalue weighted by Gasteiger charge is 2.26. The lowest BCUT2D eigenvalue weighted by Gasteiger charge is -2.29. The number of anilines is 12. The maximum absolute atomic E-state index is 6.65. The number of fused-ring (bicyclic) bond motifs is 18. The van der Waals surface area contributed by atoms with E-state index in [9.17, 15) is 0 Å². The van der Waals surface area contributed by atoms with Crippen LogP contribution in [0.5, 0.6) is 0 Å². The maximum Gasteiger partial charge on any atom is 0.143 e. The summed E-state index contributed by atoms with van der Waals surface area (Å²) in [6, 6.07) is 178. The molecule has 22 aromatic carbocycles. The molecule has 0 saturated heterocycles. The number of benzene rings is 22. The van der Waals surface area contributed by atoms with Gasteiger partial charge < -0.3 is 46.1 Å². The van der Waals surface area contributed by atoms with Crippen LogP contribution in [0.1, 0.15) is 0 Å². The van der Waals surface area contributed by atoms with Crippen molar-refractivity contribution in [2.75, 3.05) is 19.6 Å². The fraction of sp³-hybridized carbons (Fsp3) is 0. The molecule has 6 heterocycles. The third-order valence-electron chi connectivity index (χ3n) is 28.4. The first kappa shape index (κ1) is 81.2. The monoisotopic (exact) mass is 1820 g/mol. The predicted molar refractivity (Wildman–Crippen MR) is 587 cm³/mol. The summed E-state index contributed by atoms with van der Waals surface area (Å²) in [4.78, 5) is 9.38. The molecule has 0 aliphatic rings. The van der Waals surface area contributed by atoms with Gasteiger partial charge in [-0.3, -0.25) is 0 Å². The van der Waals surface area contributed by atoms with E-state index in [-0.39, 0.29) is 0 Å². The second-order valence-electron chi connectivity index (χ2n) is 36.5. The van der Waals surface area contributed by atoms with Crippen molar-refractivity contribution < 1.29 is 26.5 Å². The van der Waals surface area contributed by atoms with Crippen LogP contribution in [0.25, 0.3) is 210 Å². The molecule has 0 atom stereocenters. The van der Waals surface area contributed by atoms with Gasteiger partial charge in [0, 0.05) is 155 Å². The molecule has 0 radical (unpaired) electrons. The molecule has 10 heteroatoms. The van der Waals surface area contributed by atoms with E-state index < -0.39 is 0 Å². The number of nitrogens with zero attached hydrogens (tertiary/aromatic N) is 4. The first-order chi connectivity index (χ1) is 70.3. The molecular formula is C132H82N4O6. The number of rotatable bonds is 19. The Hall–Kier alpha value is -19.2. The van der Waals surface area contributed by atoms with Gasteiger partial charge in [0.2, 0.25) is 0 Å². The zero-order valence-corrected chi connectivity index (χ0v) is 76.6. The minimum atomic E-state index is 0.865. The zero-order chi connectivity index (χ0) is 93.4. The van der Waals surface area contributed by atoms with E-state index in [1.54, 1.807) is 0 Å². The Bertz CT molecular complexity index is 9190. The smallest absolute Gasteiger partial charge is 0.143 e. The summed E-state index contributed by atoms with van der Waals surface area (Å²) in [7, 11) is 0. The standard InChI is InChI=1S/C132H82N4O6/c1-9-33-123-109(17-1)115-27-13-23-105(129(115)139-123)87-45-63-97(64-46-87)133(101-71-75-103(76-72-101)135(95-59-41-85(42-60-95)91-53-79-127-119(81-91)113-21-5-7-31-121(113)137-127)99-67-49-89(50-68-99)107-25-15-29-117-111-19-3-11-35-125(111)141-131(107)117)93-55-37-83(38-56-93)84-39-57-94(58-40-84)134(98-65-47-88(48-66-98)106-24-14-28-116-110-18-2-10-34-124(110)140-130(106)116)102-73-77-104(78-74-102)136(96-61-43-86(44-62-96)92-54-80-128-120(82-92)114-22-6-8-32-122(114)138-128)100-69-51-90(52-70-100)108-26-16-30-118-112-20-4-12-36-126(112)142-132(108)118/h1-82H. The average molecular weight is 1820 g/mol. The van der Waals surface area contributed by atoms with Crippen LogP contribution in [0, 0.1) is 0 Å². The topological polar surface area (TPSA) is 91.8 Å². The summed E-state index contributed by atoms with van der Waals surface area (Å²) < 4.78 is 39.1. The third-order valence-corrected chi connectivity index (χ3v) is 28.4. The Morgan fingerprint density at radius 2 is 0.261 bits per heavy atom. The Kier molecular flexibility index (Phi) is 19.1. The van der Waals surface area contributed by atoms with E-state index in [0.29, 0.717) is 0 Å². The van der Waals surface area contributed by atoms with Crippen molar-refractivity contribution in [2.24, 2.45) is 0 Å². The van der Waals surface area contributed by atoms with Crippen molar-refractivity contribution in [3.05, 3.63) is 497 Å². The Morgan fingerprint density at radius 3 is 0.479 bits per heavy atom. The molecule has 0 fully saturated rings. The van der Waals surface area contributed by atoms with Crippen LogP contribution in [0.4, 0.5) is 68.2 Å². The van der Waals surface area contributed by atoms with E-state index >= 15 is 0 Å². The summed E-state index contributed by atoms with van der Waals surface area (Å²) in [6.45, 7) is 0. The number of para-hydroxylation sites is 10. The van der Waals surface area contributed by atoms with Crippen LogP contribution in [-0.4, -0.2) is 0 Å². The van der Waals surface area contributed by atoms with Gasteiger partial charge in [-0.25, -0.2) is 0 Å². The molecule has 666 valence electrons. The largest absolute Gasteiger partial charge is 0.456 e. The van der Waals surface area contributed by atoms with Gasteiger partial charge in [0.15, 0.2) is 0 Å². The molecule has 0 amide bonds. The van der Waals surface area contributed by atoms with Crippen molar-refractivity contribution in [3.8, 4) is 77.9 Å². The maximum atomic E-state index is 6.65. The van der Waals surface area contributed by atoms with E-state index in [4.69, 9.17) is 26.5 Å². The molecule has 28 rings (SSSR count). The molecule has 10 nitrogen and oxygen atoms in total. The molecule has 0 aliphatic heterocycles. The highest BCUT2D eigenvalue weighted by atomic mass is 16.3. The fourth-order valence-electron chi connectivity index (χ4n) is 21.4. The molecular weight excluding hydrogens is 1740 g/mol. The minimum absolute atomic E-state index is 0.865. The molecule has 0 bridgehead atoms. The third kappa shape index (κ3) is 13.9. The SMILES string of the molecule is c1ccc2c(c1)oc1ccc(-c3ccc(N(c4ccc(-c5cccc6c5oc5ccccc56)cc4)c4ccc(N(c5ccc(-c6ccc(N(c7ccc(-c8cccc9c8oc8ccccc89)cc7)c7ccc(N(c8ccc(-c9ccc%10oc%11ccccc%11c%10c9)cc8)c8ccc(-c9cccc%10c9oc9ccccc9%10)cc8)cc7)cc6)cc5)c5ccc(-c6cccc7c6oc6ccccc67)cc5)cc4)cc3)cc12. The van der Waals surface area contributed by atoms with Crippen molar-refractivity contribution in [2.45, 2.75) is 0 Å². The van der Waals surface area contributed by atoms with Crippen LogP contribution in [0.2, 0.25) is 0 Å². The predicted octanol–water partition coefficient (Wildman–Crippen LogP) is 38.6. The first-order valence-electron chi connectivity index (χ1n) is 48.0. The molecule has 0 aliphatic carbocycles. The van der Waals surface area contributed by atoms with Crippen molar-refractivity contribution in [1.29, 1.82) is 0 Å². The lowest BCUT2D eigenvalue weighted by Crippen LogP contribution is -2.12. The summed E-state index contributed by atoms with van der Waals surface area (Å²) in [5.41, 5.74) is 37.2. The van der Waals surface area contributed by atoms with E-state index in [2.05, 4.69) is 444 Å². The van der Waals surface area contributed by atoms with Crippen molar-refractivity contribution >= 4 is 200 Å². The Labute approximate surface area is 815 Å². The summed E-state index contributed by atoms with van der Waals surface area (Å²) in [5, 5.41) is 13.1. The minimum Gasteiger partial charge on any atom is -0.456 e. The summed E-state index contributed by atoms with van der Waals surface area (Å²) in [5.74, 6) is 0. The van der Waals surface area contributed by atoms with Gasteiger partial charge in [-0.1, -0.05) is 291 Å². The number of hydrogen-bond donors (Lipinski definition) is 0. The normalized spacial score (nSPS) is 11.8. The highest BCUT2D eigenvalue weighted by molar-refractivity contribution is 6.15. The van der Waals surface area contributed by atoms with Crippen LogP contribution < -0.4 is 19.6 Å². The van der Waals surface area contributed by atoms with Crippen molar-refractivity contribution in [1.82, 2.24) is 0 Å². The molecule has 0 spiro atoms. The summed E-state index contributed by atoms with van der Waals surface area (Å²) in [6.07, 6.45) is 0. The average Bonchev–Trinajstić information content (AvgIpc) is 1.66. The quantitative estimate of drug-likeness (QED) is 0.0779. The lowest BCUT2D eigenvalue weighted by atomic mass is 10.0. The van der Waals surface area contributed by atoms with E-state index in [0.717, 1.165) is 278 Å². The zero-order valence-electron chi connectivity index (χ0n) is 76.6. The molecule has 0 N–H and O–H groups in total. The fourth-order valence-corrected chi connectivity index (χ4v) is 21.4. The molecule has 28 aromatic rings. The van der Waals surface area contributed by atoms with Crippen LogP contribution in [0.15, 0.2) is 524 Å². The molecule has 142 heavy (non-hydrogen) atoms. The van der Waals surface area contributed by atoms with Gasteiger partial charge in [0.25, 0.3) is 0 Å². The number of furan rings is 6. The first-order valence-corrected chi connectivity index (χ1v) is 48.0. The molecule has 0 unspecified atom stereocenters. The van der Waals surface area contributed by atoms with Gasteiger partial charge >= 0.3 is 0 Å². The van der Waals surface area contributed by atoms with E-state index in [1.807, 2.05) is 72.8 Å². The van der Waals surface area contributed by atoms with E-state index in [1.165, 1.54) is 0 Å². The van der Waals surface area contributed by atoms with Gasteiger partial charge in [-0.2, -0.15) is 0 Å². The van der Waals surface area contributed by atoms with Crippen LogP contribution in [0.3, 0.4) is 0 Å². The van der Waals surface area contributed by atoms with Gasteiger partial charge in [0.1, 0.15) is 67.0 Å². The van der Waals surface area contributed by atoms with Gasteiger partial charge in [-0.15, -0.1) is 0 Å². The van der Waals surface area contributed by atoms with Gasteiger partial charge in [0.05, 0.1) is 0 Å². The second kappa shape index (κ2) is 33.4. The molecule has 0 saturated carbocycles. The van der Waals surface area contributed by atoms with Crippen LogP contribution in [-0.2, 0) is 0 Å². The molecule has 6 aromatic heterocycles. The lowest BCUT2D eigenvalue weighted by molar-refractivity contribution is 0.668. The Balaban J connectivity index is 0.531. The Morgan fingerprint density at radius 1 is 0.106 bits per heavy atom. The summed E-state index contributed by atoms with van der Waals surface area (Å²) >= 11 is 0. The second-order valence-corrected chi connectivity index (χ2v) is 36.5. The van der Waals surface area contributed by atoms with Gasteiger partial charge in [-0.05, 0) is 262 Å². The highest BCUT2D eigenvalue weighted by Crippen LogP contribution is 2.50. The van der Waals surface area contributed by atoms with Crippen molar-refractivity contribution in [3.63, 3.8) is 0 Å². The number of hydrogen-bond acceptors (Lipinski definition) is 10. The van der Waals surface area contributed by atoms with Crippen LogP contribution >= 0.6 is 0 Å².